The summed E-state index contributed by atoms with van der Waals surface area (Å²) in [4.78, 5) is 0. The third-order valence-corrected chi connectivity index (χ3v) is 6.62. The van der Waals surface area contributed by atoms with Gasteiger partial charge in [0.2, 0.25) is 0 Å². The van der Waals surface area contributed by atoms with Crippen LogP contribution in [0.25, 0.3) is 11.3 Å². The van der Waals surface area contributed by atoms with Crippen molar-refractivity contribution in [1.82, 2.24) is 10.5 Å². The summed E-state index contributed by atoms with van der Waals surface area (Å²) in [7, 11) is 0. The van der Waals surface area contributed by atoms with Gasteiger partial charge in [0.05, 0.1) is 5.69 Å². The highest BCUT2D eigenvalue weighted by Crippen LogP contribution is 2.61. The molecule has 1 aromatic heterocycles. The van der Waals surface area contributed by atoms with E-state index in [0.29, 0.717) is 11.0 Å². The van der Waals surface area contributed by atoms with Crippen LogP contribution < -0.4 is 5.32 Å². The van der Waals surface area contributed by atoms with Crippen molar-refractivity contribution in [1.29, 1.82) is 0 Å². The van der Waals surface area contributed by atoms with E-state index in [-0.39, 0.29) is 0 Å². The fourth-order valence-electron chi connectivity index (χ4n) is 6.34. The minimum absolute atomic E-state index is 0.352. The lowest BCUT2D eigenvalue weighted by Crippen LogP contribution is -2.61. The topological polar surface area (TPSA) is 38.1 Å². The largest absolute Gasteiger partial charge is 0.356 e. The van der Waals surface area contributed by atoms with Gasteiger partial charge in [-0.15, -0.1) is 0 Å². The molecule has 2 atom stereocenters. The number of aromatic nitrogens is 1. The maximum absolute atomic E-state index is 5.55. The first-order valence-electron chi connectivity index (χ1n) is 9.38. The molecule has 1 aromatic carbocycles. The molecule has 3 nitrogen and oxygen atoms in total. The van der Waals surface area contributed by atoms with Crippen molar-refractivity contribution in [3.8, 4) is 11.3 Å². The molecule has 4 aliphatic rings. The summed E-state index contributed by atoms with van der Waals surface area (Å²) < 4.78 is 5.55. The Hall–Kier alpha value is -1.61. The molecule has 0 aliphatic heterocycles. The summed E-state index contributed by atoms with van der Waals surface area (Å²) in [6.45, 7) is 3.34. The van der Waals surface area contributed by atoms with Crippen LogP contribution in [0.2, 0.25) is 0 Å². The van der Waals surface area contributed by atoms with Crippen LogP contribution in [0, 0.1) is 17.3 Å². The van der Waals surface area contributed by atoms with Gasteiger partial charge in [0.15, 0.2) is 5.76 Å². The first-order chi connectivity index (χ1) is 11.6. The van der Waals surface area contributed by atoms with Crippen LogP contribution in [-0.4, -0.2) is 10.7 Å². The predicted octanol–water partition coefficient (Wildman–Crippen LogP) is 4.79. The summed E-state index contributed by atoms with van der Waals surface area (Å²) in [5, 5.41) is 8.20. The number of rotatable bonds is 4. The molecule has 1 heterocycles. The standard InChI is InChI=1S/C21H26N2O/c1-20-9-15-7-16(10-20)12-21(11-15,14-20)22-13-18-8-19(24-23-18)17-5-3-2-4-6-17/h2-6,8,15-16,22H,7,9-14H2,1H3. The molecule has 4 aliphatic carbocycles. The molecule has 126 valence electrons. The molecule has 0 spiro atoms. The minimum Gasteiger partial charge on any atom is -0.356 e. The van der Waals surface area contributed by atoms with E-state index in [2.05, 4.69) is 35.6 Å². The number of nitrogens with zero attached hydrogens (tertiary/aromatic N) is 1. The molecule has 4 fully saturated rings. The monoisotopic (exact) mass is 322 g/mol. The lowest BCUT2D eigenvalue weighted by atomic mass is 9.47. The molecule has 3 heteroatoms. The van der Waals surface area contributed by atoms with Crippen molar-refractivity contribution >= 4 is 0 Å². The minimum atomic E-state index is 0.352. The molecule has 4 saturated carbocycles. The Bertz CT molecular complexity index is 721. The van der Waals surface area contributed by atoms with Crippen LogP contribution in [0.5, 0.6) is 0 Å². The SMILES string of the molecule is CC12CC3CC(C1)CC(NCc1cc(-c4ccccc4)on1)(C3)C2. The van der Waals surface area contributed by atoms with Crippen molar-refractivity contribution in [3.05, 3.63) is 42.1 Å². The van der Waals surface area contributed by atoms with Gasteiger partial charge in [-0.2, -0.15) is 0 Å². The Kier molecular flexibility index (Phi) is 3.18. The van der Waals surface area contributed by atoms with Gasteiger partial charge in [-0.25, -0.2) is 0 Å². The maximum atomic E-state index is 5.55. The summed E-state index contributed by atoms with van der Waals surface area (Å²) in [6.07, 6.45) is 8.45. The Morgan fingerprint density at radius 1 is 1.12 bits per heavy atom. The number of hydrogen-bond donors (Lipinski definition) is 1. The second-order valence-electron chi connectivity index (χ2n) is 8.95. The van der Waals surface area contributed by atoms with Crippen LogP contribution in [-0.2, 0) is 6.54 Å². The second kappa shape index (κ2) is 5.19. The zero-order valence-electron chi connectivity index (χ0n) is 14.4. The molecule has 1 N–H and O–H groups in total. The van der Waals surface area contributed by atoms with Crippen LogP contribution in [0.3, 0.4) is 0 Å². The van der Waals surface area contributed by atoms with Gasteiger partial charge in [-0.05, 0) is 55.8 Å². The van der Waals surface area contributed by atoms with Crippen LogP contribution in [0.4, 0.5) is 0 Å². The van der Waals surface area contributed by atoms with Crippen molar-refractivity contribution in [2.24, 2.45) is 17.3 Å². The quantitative estimate of drug-likeness (QED) is 0.879. The first kappa shape index (κ1) is 14.7. The molecule has 2 aromatic rings. The highest BCUT2D eigenvalue weighted by molar-refractivity contribution is 5.56. The van der Waals surface area contributed by atoms with Crippen molar-refractivity contribution in [2.75, 3.05) is 0 Å². The van der Waals surface area contributed by atoms with Gasteiger partial charge in [-0.1, -0.05) is 42.4 Å². The Labute approximate surface area is 143 Å². The zero-order chi connectivity index (χ0) is 16.2. The van der Waals surface area contributed by atoms with E-state index in [1.54, 1.807) is 0 Å². The van der Waals surface area contributed by atoms with E-state index >= 15 is 0 Å². The maximum Gasteiger partial charge on any atom is 0.167 e. The van der Waals surface area contributed by atoms with Gasteiger partial charge in [0.25, 0.3) is 0 Å². The van der Waals surface area contributed by atoms with Gasteiger partial charge in [0, 0.05) is 23.7 Å². The number of benzene rings is 1. The molecule has 0 radical (unpaired) electrons. The molecular weight excluding hydrogens is 296 g/mol. The molecule has 6 rings (SSSR count). The summed E-state index contributed by atoms with van der Waals surface area (Å²) >= 11 is 0. The molecular formula is C21H26N2O. The summed E-state index contributed by atoms with van der Waals surface area (Å²) in [6, 6.07) is 12.3. The van der Waals surface area contributed by atoms with Crippen molar-refractivity contribution < 1.29 is 4.52 Å². The smallest absolute Gasteiger partial charge is 0.167 e. The van der Waals surface area contributed by atoms with Gasteiger partial charge in [0.1, 0.15) is 0 Å². The fourth-order valence-corrected chi connectivity index (χ4v) is 6.34. The molecule has 4 bridgehead atoms. The van der Waals surface area contributed by atoms with Gasteiger partial charge >= 0.3 is 0 Å². The third kappa shape index (κ3) is 2.50. The summed E-state index contributed by atoms with van der Waals surface area (Å²) in [5.74, 6) is 2.76. The van der Waals surface area contributed by atoms with E-state index in [9.17, 15) is 0 Å². The predicted molar refractivity (Wildman–Crippen MR) is 94.3 cm³/mol. The average Bonchev–Trinajstić information content (AvgIpc) is 3.01. The first-order valence-corrected chi connectivity index (χ1v) is 9.38. The van der Waals surface area contributed by atoms with Gasteiger partial charge < -0.3 is 9.84 Å². The van der Waals surface area contributed by atoms with E-state index in [1.807, 2.05) is 18.2 Å². The summed E-state index contributed by atoms with van der Waals surface area (Å²) in [5.41, 5.74) is 3.05. The normalized spacial score (nSPS) is 37.0. The average molecular weight is 322 g/mol. The van der Waals surface area contributed by atoms with Crippen molar-refractivity contribution in [3.63, 3.8) is 0 Å². The number of hydrogen-bond acceptors (Lipinski definition) is 3. The van der Waals surface area contributed by atoms with E-state index in [4.69, 9.17) is 4.52 Å². The van der Waals surface area contributed by atoms with E-state index < -0.39 is 0 Å². The lowest BCUT2D eigenvalue weighted by molar-refractivity contribution is -0.0728. The second-order valence-corrected chi connectivity index (χ2v) is 8.95. The molecule has 0 saturated heterocycles. The van der Waals surface area contributed by atoms with Crippen LogP contribution in [0.1, 0.15) is 51.1 Å². The molecule has 0 amide bonds. The van der Waals surface area contributed by atoms with Crippen LogP contribution in [0.15, 0.2) is 40.9 Å². The molecule has 2 unspecified atom stereocenters. The zero-order valence-corrected chi connectivity index (χ0v) is 14.4. The van der Waals surface area contributed by atoms with E-state index in [0.717, 1.165) is 35.4 Å². The fraction of sp³-hybridized carbons (Fsp3) is 0.571. The van der Waals surface area contributed by atoms with E-state index in [1.165, 1.54) is 38.5 Å². The van der Waals surface area contributed by atoms with Crippen molar-refractivity contribution in [2.45, 2.75) is 57.5 Å². The Balaban J connectivity index is 1.31. The highest BCUT2D eigenvalue weighted by Gasteiger charge is 2.55. The Morgan fingerprint density at radius 2 is 1.88 bits per heavy atom. The third-order valence-electron chi connectivity index (χ3n) is 6.62. The lowest BCUT2D eigenvalue weighted by Gasteiger charge is -2.61. The highest BCUT2D eigenvalue weighted by atomic mass is 16.5. The molecule has 24 heavy (non-hydrogen) atoms. The van der Waals surface area contributed by atoms with Gasteiger partial charge in [-0.3, -0.25) is 0 Å². The van der Waals surface area contributed by atoms with Crippen LogP contribution >= 0.6 is 0 Å². The Morgan fingerprint density at radius 3 is 2.58 bits per heavy atom. The number of nitrogens with one attached hydrogen (secondary N) is 1.